The van der Waals surface area contributed by atoms with Crippen LogP contribution >= 0.6 is 11.6 Å². The number of hydrogen-bond donors (Lipinski definition) is 1. The molecule has 0 bridgehead atoms. The summed E-state index contributed by atoms with van der Waals surface area (Å²) in [5, 5.41) is 2.12. The van der Waals surface area contributed by atoms with Crippen molar-refractivity contribution in [3.05, 3.63) is 41.4 Å². The molecule has 10 heteroatoms. The minimum absolute atomic E-state index is 0.0725. The number of carbonyl (C=O) groups excluding carboxylic acids is 2. The van der Waals surface area contributed by atoms with Gasteiger partial charge in [0.1, 0.15) is 12.1 Å². The molecule has 178 valence electrons. The lowest BCUT2D eigenvalue weighted by atomic mass is 10.1. The van der Waals surface area contributed by atoms with Gasteiger partial charge in [-0.2, -0.15) is 4.72 Å². The van der Waals surface area contributed by atoms with Crippen molar-refractivity contribution in [1.82, 2.24) is 14.5 Å². The van der Waals surface area contributed by atoms with E-state index in [2.05, 4.69) is 4.72 Å². The number of amides is 2. The third kappa shape index (κ3) is 5.01. The molecular formula is C23H28ClN3O5S. The van der Waals surface area contributed by atoms with E-state index in [1.165, 1.54) is 11.0 Å². The SMILES string of the molecule is CC1CN(C(=O)C(C)N2CCC(NS(=O)(=O)c3ccc4cc(Cl)ccc4c3)C2=O)CC(C)O1. The monoisotopic (exact) mass is 493 g/mol. The van der Waals surface area contributed by atoms with Crippen LogP contribution in [0.3, 0.4) is 0 Å². The summed E-state index contributed by atoms with van der Waals surface area (Å²) in [5.41, 5.74) is 0. The second kappa shape index (κ2) is 9.21. The Kier molecular flexibility index (Phi) is 6.68. The maximum absolute atomic E-state index is 13.0. The van der Waals surface area contributed by atoms with E-state index in [4.69, 9.17) is 16.3 Å². The summed E-state index contributed by atoms with van der Waals surface area (Å²) in [6, 6.07) is 8.35. The van der Waals surface area contributed by atoms with Crippen molar-refractivity contribution in [2.45, 2.75) is 56.4 Å². The smallest absolute Gasteiger partial charge is 0.245 e. The Morgan fingerprint density at radius 3 is 2.45 bits per heavy atom. The summed E-state index contributed by atoms with van der Waals surface area (Å²) in [5.74, 6) is -0.539. The van der Waals surface area contributed by atoms with Crippen LogP contribution in [0.1, 0.15) is 27.2 Å². The minimum atomic E-state index is -3.92. The maximum atomic E-state index is 13.0. The lowest BCUT2D eigenvalue weighted by Gasteiger charge is -2.38. The first-order valence-electron chi connectivity index (χ1n) is 11.0. The molecule has 8 nitrogen and oxygen atoms in total. The fourth-order valence-corrected chi connectivity index (χ4v) is 6.01. The summed E-state index contributed by atoms with van der Waals surface area (Å²) in [7, 11) is -3.92. The van der Waals surface area contributed by atoms with Gasteiger partial charge in [0.2, 0.25) is 21.8 Å². The molecule has 4 rings (SSSR count). The number of rotatable bonds is 5. The molecule has 2 saturated heterocycles. The molecule has 2 aliphatic rings. The highest BCUT2D eigenvalue weighted by atomic mass is 35.5. The number of fused-ring (bicyclic) bond motifs is 1. The van der Waals surface area contributed by atoms with E-state index < -0.39 is 22.1 Å². The third-order valence-corrected chi connectivity index (χ3v) is 7.88. The van der Waals surface area contributed by atoms with Crippen molar-refractivity contribution in [3.63, 3.8) is 0 Å². The normalized spacial score (nSPS) is 25.0. The van der Waals surface area contributed by atoms with Crippen molar-refractivity contribution in [1.29, 1.82) is 0 Å². The average molecular weight is 494 g/mol. The van der Waals surface area contributed by atoms with Crippen LogP contribution in [0, 0.1) is 0 Å². The van der Waals surface area contributed by atoms with Gasteiger partial charge >= 0.3 is 0 Å². The molecule has 2 fully saturated rings. The number of morpholine rings is 1. The Balaban J connectivity index is 1.45. The van der Waals surface area contributed by atoms with Gasteiger partial charge in [-0.25, -0.2) is 8.42 Å². The van der Waals surface area contributed by atoms with Crippen molar-refractivity contribution >= 4 is 44.2 Å². The molecule has 2 heterocycles. The standard InChI is InChI=1S/C23H28ClN3O5S/c1-14-12-26(13-15(2)32-14)22(28)16(3)27-9-8-21(23(27)29)25-33(30,31)20-7-5-17-10-19(24)6-4-18(17)11-20/h4-7,10-11,14-16,21,25H,8-9,12-13H2,1-3H3. The van der Waals surface area contributed by atoms with E-state index in [1.54, 1.807) is 42.2 Å². The fourth-order valence-electron chi connectivity index (χ4n) is 4.57. The Morgan fingerprint density at radius 1 is 1.12 bits per heavy atom. The molecule has 2 aromatic carbocycles. The van der Waals surface area contributed by atoms with Gasteiger partial charge in [-0.3, -0.25) is 9.59 Å². The Labute approximate surface area is 198 Å². The molecule has 33 heavy (non-hydrogen) atoms. The van der Waals surface area contributed by atoms with Crippen LogP contribution in [0.4, 0.5) is 0 Å². The number of halogens is 1. The van der Waals surface area contributed by atoms with Gasteiger partial charge in [0.25, 0.3) is 0 Å². The summed E-state index contributed by atoms with van der Waals surface area (Å²) < 4.78 is 34.2. The largest absolute Gasteiger partial charge is 0.372 e. The van der Waals surface area contributed by atoms with E-state index in [0.717, 1.165) is 10.8 Å². The van der Waals surface area contributed by atoms with E-state index in [-0.39, 0.29) is 28.9 Å². The second-order valence-corrected chi connectivity index (χ2v) is 11.0. The Morgan fingerprint density at radius 2 is 1.76 bits per heavy atom. The van der Waals surface area contributed by atoms with Crippen molar-refractivity contribution in [2.24, 2.45) is 0 Å². The van der Waals surface area contributed by atoms with Crippen LogP contribution in [-0.2, 0) is 24.3 Å². The summed E-state index contributed by atoms with van der Waals surface area (Å²) in [4.78, 5) is 29.3. The second-order valence-electron chi connectivity index (χ2n) is 8.82. The quantitative estimate of drug-likeness (QED) is 0.690. The van der Waals surface area contributed by atoms with Crippen molar-refractivity contribution < 1.29 is 22.7 Å². The lowest BCUT2D eigenvalue weighted by Crippen LogP contribution is -2.55. The number of carbonyl (C=O) groups is 2. The molecule has 0 radical (unpaired) electrons. The molecule has 2 aromatic rings. The van der Waals surface area contributed by atoms with Crippen LogP contribution in [0.2, 0.25) is 5.02 Å². The highest BCUT2D eigenvalue weighted by molar-refractivity contribution is 7.89. The van der Waals surface area contributed by atoms with Gasteiger partial charge in [0.05, 0.1) is 17.1 Å². The molecular weight excluding hydrogens is 466 g/mol. The number of nitrogens with one attached hydrogen (secondary N) is 1. The molecule has 2 amide bonds. The Bertz CT molecular complexity index is 1180. The topological polar surface area (TPSA) is 96.0 Å². The third-order valence-electron chi connectivity index (χ3n) is 6.18. The highest BCUT2D eigenvalue weighted by Crippen LogP contribution is 2.24. The number of likely N-dealkylation sites (tertiary alicyclic amines) is 1. The van der Waals surface area contributed by atoms with Gasteiger partial charge < -0.3 is 14.5 Å². The molecule has 0 saturated carbocycles. The zero-order valence-electron chi connectivity index (χ0n) is 18.8. The number of sulfonamides is 1. The maximum Gasteiger partial charge on any atom is 0.245 e. The van der Waals surface area contributed by atoms with Gasteiger partial charge in [0.15, 0.2) is 0 Å². The minimum Gasteiger partial charge on any atom is -0.372 e. The first-order chi connectivity index (χ1) is 15.5. The molecule has 2 aliphatic heterocycles. The van der Waals surface area contributed by atoms with Gasteiger partial charge in [-0.05, 0) is 62.2 Å². The van der Waals surface area contributed by atoms with Crippen LogP contribution in [-0.4, -0.2) is 74.0 Å². The molecule has 0 aliphatic carbocycles. The fraction of sp³-hybridized carbons (Fsp3) is 0.478. The van der Waals surface area contributed by atoms with Gasteiger partial charge in [-0.15, -0.1) is 0 Å². The highest BCUT2D eigenvalue weighted by Gasteiger charge is 2.41. The van der Waals surface area contributed by atoms with E-state index >= 15 is 0 Å². The van der Waals surface area contributed by atoms with Gasteiger partial charge in [0, 0.05) is 24.7 Å². The first-order valence-corrected chi connectivity index (χ1v) is 12.9. The molecule has 0 spiro atoms. The van der Waals surface area contributed by atoms with E-state index in [0.29, 0.717) is 31.1 Å². The number of hydrogen-bond acceptors (Lipinski definition) is 5. The summed E-state index contributed by atoms with van der Waals surface area (Å²) in [6.45, 7) is 6.76. The van der Waals surface area contributed by atoms with Crippen LogP contribution in [0.5, 0.6) is 0 Å². The summed E-state index contributed by atoms with van der Waals surface area (Å²) in [6.07, 6.45) is 0.155. The first kappa shape index (κ1) is 23.9. The molecule has 1 N–H and O–H groups in total. The van der Waals surface area contributed by atoms with E-state index in [9.17, 15) is 18.0 Å². The Hall–Kier alpha value is -2.20. The number of nitrogens with zero attached hydrogens (tertiary/aromatic N) is 2. The molecule has 4 atom stereocenters. The van der Waals surface area contributed by atoms with Crippen molar-refractivity contribution in [2.75, 3.05) is 19.6 Å². The number of ether oxygens (including phenoxy) is 1. The zero-order chi connectivity index (χ0) is 23.9. The lowest BCUT2D eigenvalue weighted by molar-refractivity contribution is -0.151. The zero-order valence-corrected chi connectivity index (χ0v) is 20.4. The van der Waals surface area contributed by atoms with E-state index in [1.807, 2.05) is 13.8 Å². The van der Waals surface area contributed by atoms with Crippen molar-refractivity contribution in [3.8, 4) is 0 Å². The van der Waals surface area contributed by atoms with Crippen LogP contribution in [0.15, 0.2) is 41.3 Å². The summed E-state index contributed by atoms with van der Waals surface area (Å²) >= 11 is 6.00. The number of benzene rings is 2. The predicted octanol–water partition coefficient (Wildman–Crippen LogP) is 2.40. The molecule has 4 unspecified atom stereocenters. The van der Waals surface area contributed by atoms with Crippen LogP contribution in [0.25, 0.3) is 10.8 Å². The average Bonchev–Trinajstić information content (AvgIpc) is 3.11. The van der Waals surface area contributed by atoms with Gasteiger partial charge in [-0.1, -0.05) is 23.7 Å². The van der Waals surface area contributed by atoms with Crippen LogP contribution < -0.4 is 4.72 Å². The molecule has 0 aromatic heterocycles. The predicted molar refractivity (Wildman–Crippen MR) is 125 cm³/mol.